The van der Waals surface area contributed by atoms with E-state index in [9.17, 15) is 4.79 Å². The van der Waals surface area contributed by atoms with Crippen LogP contribution >= 0.6 is 0 Å². The number of hydrogen-bond donors (Lipinski definition) is 0. The fourth-order valence-electron chi connectivity index (χ4n) is 1.45. The third kappa shape index (κ3) is 4.29. The molecule has 5 nitrogen and oxygen atoms in total. The van der Waals surface area contributed by atoms with E-state index in [2.05, 4.69) is 21.8 Å². The smallest absolute Gasteiger partial charge is 0.311 e. The predicted octanol–water partition coefficient (Wildman–Crippen LogP) is 0.173. The Morgan fingerprint density at radius 1 is 1.33 bits per heavy atom. The van der Waals surface area contributed by atoms with E-state index in [0.29, 0.717) is 0 Å². The summed E-state index contributed by atoms with van der Waals surface area (Å²) in [5.74, 6) is -0.231. The van der Waals surface area contributed by atoms with Gasteiger partial charge >= 0.3 is 5.97 Å². The average Bonchev–Trinajstić information content (AvgIpc) is 2.21. The van der Waals surface area contributed by atoms with Gasteiger partial charge in [-0.2, -0.15) is 5.10 Å². The first kappa shape index (κ1) is 12.0. The molecule has 0 unspecified atom stereocenters. The number of nitrogens with zero attached hydrogens (tertiary/aromatic N) is 3. The highest BCUT2D eigenvalue weighted by Gasteiger charge is 2.12. The van der Waals surface area contributed by atoms with Crippen molar-refractivity contribution in [1.29, 1.82) is 0 Å². The number of hydrogen-bond acceptors (Lipinski definition) is 5. The highest BCUT2D eigenvalue weighted by atomic mass is 16.5. The third-order valence-corrected chi connectivity index (χ3v) is 2.42. The first-order valence-corrected chi connectivity index (χ1v) is 5.16. The van der Waals surface area contributed by atoms with E-state index < -0.39 is 0 Å². The van der Waals surface area contributed by atoms with E-state index in [1.54, 1.807) is 0 Å². The third-order valence-electron chi connectivity index (χ3n) is 2.42. The molecule has 15 heavy (non-hydrogen) atoms. The van der Waals surface area contributed by atoms with Crippen LogP contribution in [0.5, 0.6) is 0 Å². The van der Waals surface area contributed by atoms with Gasteiger partial charge in [-0.15, -0.1) is 0 Å². The Morgan fingerprint density at radius 2 is 1.93 bits per heavy atom. The van der Waals surface area contributed by atoms with Gasteiger partial charge in [0.15, 0.2) is 0 Å². The Kier molecular flexibility index (Phi) is 4.55. The zero-order chi connectivity index (χ0) is 11.3. The monoisotopic (exact) mass is 213 g/mol. The number of hydrazone groups is 1. The molecule has 0 bridgehead atoms. The summed E-state index contributed by atoms with van der Waals surface area (Å²) in [7, 11) is 3.49. The molecular formula is C10H19N3O2. The quantitative estimate of drug-likeness (QED) is 0.495. The van der Waals surface area contributed by atoms with E-state index >= 15 is 0 Å². The van der Waals surface area contributed by atoms with Crippen molar-refractivity contribution >= 4 is 11.7 Å². The lowest BCUT2D eigenvalue weighted by Gasteiger charge is -2.30. The van der Waals surface area contributed by atoms with E-state index in [1.807, 2.05) is 11.9 Å². The van der Waals surface area contributed by atoms with E-state index in [-0.39, 0.29) is 12.4 Å². The van der Waals surface area contributed by atoms with Crippen LogP contribution < -0.4 is 0 Å². The molecule has 1 saturated heterocycles. The molecule has 86 valence electrons. The second-order valence-electron chi connectivity index (χ2n) is 3.85. The Hall–Kier alpha value is -1.10. The van der Waals surface area contributed by atoms with Crippen LogP contribution in [0.25, 0.3) is 0 Å². The number of rotatable bonds is 3. The fraction of sp³-hybridized carbons (Fsp3) is 0.800. The van der Waals surface area contributed by atoms with Crippen molar-refractivity contribution in [1.82, 2.24) is 9.91 Å². The molecule has 0 atom stereocenters. The predicted molar refractivity (Wildman–Crippen MR) is 58.8 cm³/mol. The summed E-state index contributed by atoms with van der Waals surface area (Å²) in [5.41, 5.74) is 0.811. The molecule has 0 spiro atoms. The van der Waals surface area contributed by atoms with Crippen LogP contribution in [-0.4, -0.2) is 61.9 Å². The van der Waals surface area contributed by atoms with Crippen molar-refractivity contribution in [2.75, 3.05) is 40.3 Å². The molecule has 1 heterocycles. The van der Waals surface area contributed by atoms with Gasteiger partial charge in [0.25, 0.3) is 0 Å². The first-order valence-electron chi connectivity index (χ1n) is 5.16. The number of esters is 1. The molecule has 1 aliphatic rings. The minimum atomic E-state index is -0.231. The van der Waals surface area contributed by atoms with Crippen molar-refractivity contribution in [3.8, 4) is 0 Å². The zero-order valence-corrected chi connectivity index (χ0v) is 9.69. The molecule has 5 heteroatoms. The second-order valence-corrected chi connectivity index (χ2v) is 3.85. The van der Waals surface area contributed by atoms with Crippen LogP contribution in [0.1, 0.15) is 13.3 Å². The molecule has 0 aromatic rings. The van der Waals surface area contributed by atoms with Crippen LogP contribution in [0.4, 0.5) is 0 Å². The van der Waals surface area contributed by atoms with Gasteiger partial charge in [0.1, 0.15) is 0 Å². The van der Waals surface area contributed by atoms with Crippen molar-refractivity contribution in [2.24, 2.45) is 5.10 Å². The van der Waals surface area contributed by atoms with Gasteiger partial charge in [0.05, 0.1) is 13.5 Å². The van der Waals surface area contributed by atoms with Crippen molar-refractivity contribution in [3.63, 3.8) is 0 Å². The number of methoxy groups -OCH3 is 1. The van der Waals surface area contributed by atoms with Gasteiger partial charge < -0.3 is 9.64 Å². The Bertz CT molecular complexity index is 245. The molecule has 0 radical (unpaired) electrons. The molecule has 1 aliphatic heterocycles. The second kappa shape index (κ2) is 5.70. The normalized spacial score (nSPS) is 19.1. The Labute approximate surface area is 90.7 Å². The Balaban J connectivity index is 2.38. The van der Waals surface area contributed by atoms with E-state index in [1.165, 1.54) is 7.11 Å². The molecule has 0 saturated carbocycles. The maximum Gasteiger partial charge on any atom is 0.311 e. The Morgan fingerprint density at radius 3 is 2.47 bits per heavy atom. The van der Waals surface area contributed by atoms with E-state index in [0.717, 1.165) is 31.9 Å². The molecule has 0 aliphatic carbocycles. The standard InChI is InChI=1S/C10H19N3O2/c1-9(8-10(14)15-3)11-13-6-4-12(2)5-7-13/h4-8H2,1-3H3/b11-9+. The summed E-state index contributed by atoms with van der Waals surface area (Å²) in [6.07, 6.45) is 0.281. The van der Waals surface area contributed by atoms with Crippen molar-refractivity contribution < 1.29 is 9.53 Å². The lowest BCUT2D eigenvalue weighted by Crippen LogP contribution is -2.42. The number of ether oxygens (including phenoxy) is 1. The van der Waals surface area contributed by atoms with Crippen molar-refractivity contribution in [3.05, 3.63) is 0 Å². The van der Waals surface area contributed by atoms with Crippen LogP contribution in [0.3, 0.4) is 0 Å². The minimum absolute atomic E-state index is 0.231. The molecule has 0 amide bonds. The number of piperazine rings is 1. The maximum atomic E-state index is 11.0. The van der Waals surface area contributed by atoms with Crippen molar-refractivity contribution in [2.45, 2.75) is 13.3 Å². The topological polar surface area (TPSA) is 45.1 Å². The molecule has 0 N–H and O–H groups in total. The van der Waals surface area contributed by atoms with E-state index in [4.69, 9.17) is 0 Å². The summed E-state index contributed by atoms with van der Waals surface area (Å²) in [5, 5.41) is 6.39. The molecular weight excluding hydrogens is 194 g/mol. The van der Waals surface area contributed by atoms with Crippen LogP contribution in [0.15, 0.2) is 5.10 Å². The number of carbonyl (C=O) groups excluding carboxylic acids is 1. The van der Waals surface area contributed by atoms with Crippen LogP contribution in [-0.2, 0) is 9.53 Å². The zero-order valence-electron chi connectivity index (χ0n) is 9.69. The summed E-state index contributed by atoms with van der Waals surface area (Å²) < 4.78 is 4.58. The number of carbonyl (C=O) groups is 1. The summed E-state index contributed by atoms with van der Waals surface area (Å²) >= 11 is 0. The largest absolute Gasteiger partial charge is 0.469 e. The van der Waals surface area contributed by atoms with Gasteiger partial charge in [0.2, 0.25) is 0 Å². The van der Waals surface area contributed by atoms with Crippen LogP contribution in [0.2, 0.25) is 0 Å². The minimum Gasteiger partial charge on any atom is -0.469 e. The average molecular weight is 213 g/mol. The lowest BCUT2D eigenvalue weighted by atomic mass is 10.3. The van der Waals surface area contributed by atoms with Gasteiger partial charge in [-0.1, -0.05) is 0 Å². The molecule has 1 fully saturated rings. The highest BCUT2D eigenvalue weighted by molar-refractivity contribution is 5.97. The number of likely N-dealkylation sites (N-methyl/N-ethyl adjacent to an activating group) is 1. The fourth-order valence-corrected chi connectivity index (χ4v) is 1.45. The summed E-state index contributed by atoms with van der Waals surface area (Å²) in [6.45, 7) is 5.75. The van der Waals surface area contributed by atoms with Crippen LogP contribution in [0, 0.1) is 0 Å². The maximum absolute atomic E-state index is 11.0. The van der Waals surface area contributed by atoms with Gasteiger partial charge in [-0.05, 0) is 14.0 Å². The van der Waals surface area contributed by atoms with Gasteiger partial charge in [-0.3, -0.25) is 9.80 Å². The van der Waals surface area contributed by atoms with Gasteiger partial charge in [-0.25, -0.2) is 0 Å². The molecule has 0 aromatic heterocycles. The molecule has 0 aromatic carbocycles. The molecule has 1 rings (SSSR count). The lowest BCUT2D eigenvalue weighted by molar-refractivity contribution is -0.139. The SMILES string of the molecule is COC(=O)C/C(C)=N/N1CCN(C)CC1. The summed E-state index contributed by atoms with van der Waals surface area (Å²) in [4.78, 5) is 13.3. The summed E-state index contributed by atoms with van der Waals surface area (Å²) in [6, 6.07) is 0. The first-order chi connectivity index (χ1) is 7.11. The highest BCUT2D eigenvalue weighted by Crippen LogP contribution is 2.01. The van der Waals surface area contributed by atoms with Gasteiger partial charge in [0, 0.05) is 31.9 Å².